The molecule has 4 heteroatoms. The van der Waals surface area contributed by atoms with E-state index in [0.29, 0.717) is 0 Å². The van der Waals surface area contributed by atoms with Crippen molar-refractivity contribution in [1.29, 1.82) is 0 Å². The average Bonchev–Trinajstić information content (AvgIpc) is 2.81. The fraction of sp³-hybridized carbons (Fsp3) is 0.167. The molecule has 0 aliphatic carbocycles. The van der Waals surface area contributed by atoms with Gasteiger partial charge in [-0.05, 0) is 36.1 Å². The van der Waals surface area contributed by atoms with Crippen LogP contribution >= 0.6 is 0 Å². The molecule has 2 aromatic carbocycles. The van der Waals surface area contributed by atoms with Crippen LogP contribution in [0.5, 0.6) is 0 Å². The number of rotatable bonds is 3. The van der Waals surface area contributed by atoms with E-state index in [9.17, 15) is 4.79 Å². The smallest absolute Gasteiger partial charge is 0.411 e. The lowest BCUT2D eigenvalue weighted by Gasteiger charge is -2.08. The predicted molar refractivity (Wildman–Crippen MR) is 87.9 cm³/mol. The number of amides is 1. The fourth-order valence-corrected chi connectivity index (χ4v) is 2.42. The highest BCUT2D eigenvalue weighted by Crippen LogP contribution is 2.22. The van der Waals surface area contributed by atoms with Gasteiger partial charge in [-0.3, -0.25) is 5.32 Å². The molecule has 22 heavy (non-hydrogen) atoms. The van der Waals surface area contributed by atoms with Gasteiger partial charge in [-0.15, -0.1) is 0 Å². The molecular weight excluding hydrogens is 276 g/mol. The van der Waals surface area contributed by atoms with Gasteiger partial charge >= 0.3 is 6.09 Å². The second-order valence-corrected chi connectivity index (χ2v) is 5.31. The summed E-state index contributed by atoms with van der Waals surface area (Å²) in [4.78, 5) is 11.9. The quantitative estimate of drug-likeness (QED) is 0.785. The molecule has 0 atom stereocenters. The van der Waals surface area contributed by atoms with Crippen LogP contribution in [0, 0.1) is 6.92 Å². The lowest BCUT2D eigenvalue weighted by Crippen LogP contribution is -2.13. The minimum atomic E-state index is -0.450. The average molecular weight is 294 g/mol. The third-order valence-electron chi connectivity index (χ3n) is 3.74. The number of aromatic nitrogens is 1. The van der Waals surface area contributed by atoms with Crippen molar-refractivity contribution in [2.45, 2.75) is 13.5 Å². The standard InChI is InChI=1S/C18H18N2O2/c1-13-10-15-8-9-16(11-17(15)20(13)2)19-18(21)22-12-14-6-4-3-5-7-14/h3-11H,12H2,1-2H3,(H,19,21). The third kappa shape index (κ3) is 2.96. The lowest BCUT2D eigenvalue weighted by atomic mass is 10.2. The van der Waals surface area contributed by atoms with Gasteiger partial charge in [0.2, 0.25) is 0 Å². The number of nitrogens with one attached hydrogen (secondary N) is 1. The Hall–Kier alpha value is -2.75. The van der Waals surface area contributed by atoms with Gasteiger partial charge in [-0.2, -0.15) is 0 Å². The first kappa shape index (κ1) is 14.2. The van der Waals surface area contributed by atoms with Crippen LogP contribution in [0.25, 0.3) is 10.9 Å². The van der Waals surface area contributed by atoms with Crippen LogP contribution in [0.1, 0.15) is 11.3 Å². The Bertz CT molecular complexity index is 807. The van der Waals surface area contributed by atoms with Gasteiger partial charge in [0.25, 0.3) is 0 Å². The summed E-state index contributed by atoms with van der Waals surface area (Å²) >= 11 is 0. The first-order valence-corrected chi connectivity index (χ1v) is 7.17. The van der Waals surface area contributed by atoms with Crippen molar-refractivity contribution in [3.8, 4) is 0 Å². The maximum Gasteiger partial charge on any atom is 0.411 e. The molecule has 1 aromatic heterocycles. The van der Waals surface area contributed by atoms with Gasteiger partial charge in [0.15, 0.2) is 0 Å². The van der Waals surface area contributed by atoms with Gasteiger partial charge in [0.1, 0.15) is 6.61 Å². The summed E-state index contributed by atoms with van der Waals surface area (Å²) in [5, 5.41) is 3.92. The highest BCUT2D eigenvalue weighted by Gasteiger charge is 2.07. The maximum atomic E-state index is 11.9. The lowest BCUT2D eigenvalue weighted by molar-refractivity contribution is 0.155. The number of nitrogens with zero attached hydrogens (tertiary/aromatic N) is 1. The Kier molecular flexibility index (Phi) is 3.83. The molecule has 0 radical (unpaired) electrons. The van der Waals surface area contributed by atoms with Crippen LogP contribution < -0.4 is 5.32 Å². The summed E-state index contributed by atoms with van der Waals surface area (Å²) in [6.45, 7) is 2.32. The van der Waals surface area contributed by atoms with Gasteiger partial charge < -0.3 is 9.30 Å². The Labute approximate surface area is 129 Å². The summed E-state index contributed by atoms with van der Waals surface area (Å²) in [7, 11) is 2.01. The zero-order valence-electron chi connectivity index (χ0n) is 12.7. The van der Waals surface area contributed by atoms with Gasteiger partial charge in [0, 0.05) is 18.4 Å². The molecular formula is C18H18N2O2. The van der Waals surface area contributed by atoms with Crippen molar-refractivity contribution in [1.82, 2.24) is 4.57 Å². The summed E-state index contributed by atoms with van der Waals surface area (Å²) < 4.78 is 7.32. The molecule has 1 amide bonds. The van der Waals surface area contributed by atoms with E-state index < -0.39 is 6.09 Å². The number of carbonyl (C=O) groups excluding carboxylic acids is 1. The molecule has 0 spiro atoms. The third-order valence-corrected chi connectivity index (χ3v) is 3.74. The minimum Gasteiger partial charge on any atom is -0.444 e. The predicted octanol–water partition coefficient (Wildman–Crippen LogP) is 4.24. The molecule has 3 aromatic rings. The van der Waals surface area contributed by atoms with E-state index in [4.69, 9.17) is 4.74 Å². The summed E-state index contributed by atoms with van der Waals surface area (Å²) in [6, 6.07) is 17.6. The number of benzene rings is 2. The van der Waals surface area contributed by atoms with Crippen molar-refractivity contribution in [2.24, 2.45) is 7.05 Å². The number of fused-ring (bicyclic) bond motifs is 1. The molecule has 0 bridgehead atoms. The molecule has 112 valence electrons. The Morgan fingerprint density at radius 3 is 2.68 bits per heavy atom. The molecule has 0 saturated heterocycles. The highest BCUT2D eigenvalue weighted by molar-refractivity contribution is 5.90. The van der Waals surface area contributed by atoms with E-state index in [1.807, 2.05) is 55.6 Å². The monoisotopic (exact) mass is 294 g/mol. The van der Waals surface area contributed by atoms with E-state index in [1.165, 1.54) is 5.69 Å². The Morgan fingerprint density at radius 1 is 1.14 bits per heavy atom. The SMILES string of the molecule is Cc1cc2ccc(NC(=O)OCc3ccccc3)cc2n1C. The largest absolute Gasteiger partial charge is 0.444 e. The van der Waals surface area contributed by atoms with Crippen LogP contribution in [0.2, 0.25) is 0 Å². The van der Waals surface area contributed by atoms with E-state index >= 15 is 0 Å². The molecule has 3 rings (SSSR count). The number of carbonyl (C=O) groups is 1. The Balaban J connectivity index is 1.67. The van der Waals surface area contributed by atoms with Gasteiger partial charge in [-0.1, -0.05) is 36.4 Å². The second kappa shape index (κ2) is 5.93. The molecule has 4 nitrogen and oxygen atoms in total. The first-order chi connectivity index (χ1) is 10.6. The van der Waals surface area contributed by atoms with Crippen LogP contribution in [0.15, 0.2) is 54.6 Å². The van der Waals surface area contributed by atoms with Crippen molar-refractivity contribution in [3.05, 3.63) is 65.9 Å². The summed E-state index contributed by atoms with van der Waals surface area (Å²) in [5.41, 5.74) is 3.95. The van der Waals surface area contributed by atoms with E-state index in [-0.39, 0.29) is 6.61 Å². The molecule has 0 aliphatic rings. The van der Waals surface area contributed by atoms with E-state index in [2.05, 4.69) is 22.9 Å². The molecule has 1 heterocycles. The normalized spacial score (nSPS) is 10.6. The van der Waals surface area contributed by atoms with Crippen molar-refractivity contribution >= 4 is 22.7 Å². The zero-order chi connectivity index (χ0) is 15.5. The van der Waals surface area contributed by atoms with Crippen molar-refractivity contribution in [2.75, 3.05) is 5.32 Å². The van der Waals surface area contributed by atoms with Gasteiger partial charge in [-0.25, -0.2) is 4.79 Å². The summed E-state index contributed by atoms with van der Waals surface area (Å²) in [6.07, 6.45) is -0.450. The molecule has 0 fully saturated rings. The maximum absolute atomic E-state index is 11.9. The molecule has 0 aliphatic heterocycles. The second-order valence-electron chi connectivity index (χ2n) is 5.31. The number of anilines is 1. The van der Waals surface area contributed by atoms with Crippen molar-refractivity contribution in [3.63, 3.8) is 0 Å². The molecule has 0 saturated carbocycles. The minimum absolute atomic E-state index is 0.262. The molecule has 1 N–H and O–H groups in total. The zero-order valence-corrected chi connectivity index (χ0v) is 12.7. The number of ether oxygens (including phenoxy) is 1. The highest BCUT2D eigenvalue weighted by atomic mass is 16.5. The molecule has 0 unspecified atom stereocenters. The first-order valence-electron chi connectivity index (χ1n) is 7.17. The Morgan fingerprint density at radius 2 is 1.91 bits per heavy atom. The van der Waals surface area contributed by atoms with Crippen LogP contribution in [-0.4, -0.2) is 10.7 Å². The number of hydrogen-bond donors (Lipinski definition) is 1. The van der Waals surface area contributed by atoms with E-state index in [1.54, 1.807) is 0 Å². The summed E-state index contributed by atoms with van der Waals surface area (Å²) in [5.74, 6) is 0. The van der Waals surface area contributed by atoms with Crippen LogP contribution in [-0.2, 0) is 18.4 Å². The van der Waals surface area contributed by atoms with E-state index in [0.717, 1.165) is 22.2 Å². The number of aryl methyl sites for hydroxylation is 2. The fourth-order valence-electron chi connectivity index (χ4n) is 2.42. The van der Waals surface area contributed by atoms with Crippen LogP contribution in [0.4, 0.5) is 10.5 Å². The topological polar surface area (TPSA) is 43.3 Å². The van der Waals surface area contributed by atoms with Crippen molar-refractivity contribution < 1.29 is 9.53 Å². The van der Waals surface area contributed by atoms with Crippen LogP contribution in [0.3, 0.4) is 0 Å². The number of hydrogen-bond acceptors (Lipinski definition) is 2. The van der Waals surface area contributed by atoms with Gasteiger partial charge in [0.05, 0.1) is 5.52 Å².